The Bertz CT molecular complexity index is 164. The average molecular weight is 209 g/mol. The van der Waals surface area contributed by atoms with Crippen molar-refractivity contribution < 1.29 is 0 Å². The Labute approximate surface area is 78.7 Å². The fraction of sp³-hybridized carbons (Fsp3) is 1.00. The molecule has 1 unspecified atom stereocenters. The molecule has 0 aromatic carbocycles. The number of hydrogen-bond acceptors (Lipinski definition) is 0. The summed E-state index contributed by atoms with van der Waals surface area (Å²) in [6.45, 7) is 0.251. The molecule has 0 aromatic heterocycles. The maximum atomic E-state index is 6.24. The Morgan fingerprint density at radius 1 is 1.18 bits per heavy atom. The molecule has 2 aliphatic carbocycles. The molecular weight excluding hydrogens is 195 g/mol. The van der Waals surface area contributed by atoms with Crippen molar-refractivity contribution in [3.05, 3.63) is 0 Å². The summed E-state index contributed by atoms with van der Waals surface area (Å²) in [6, 6.07) is 0. The lowest BCUT2D eigenvalue weighted by Gasteiger charge is -2.27. The number of hydrogen-bond donors (Lipinski definition) is 0. The number of rotatable bonds is 1. The zero-order chi connectivity index (χ0) is 8.06. The topological polar surface area (TPSA) is 0 Å². The first kappa shape index (κ1) is 8.40. The molecule has 0 radical (unpaired) electrons. The first-order valence-corrected chi connectivity index (χ1v) is 9.05. The van der Waals surface area contributed by atoms with E-state index in [0.717, 1.165) is 11.8 Å². The van der Waals surface area contributed by atoms with E-state index in [1.807, 2.05) is 0 Å². The van der Waals surface area contributed by atoms with E-state index < -0.39 is 6.69 Å². The largest absolute Gasteiger partial charge is 0.251 e. The van der Waals surface area contributed by atoms with E-state index in [1.165, 1.54) is 25.7 Å². The highest BCUT2D eigenvalue weighted by Crippen LogP contribution is 2.57. The fourth-order valence-electron chi connectivity index (χ4n) is 2.87. The van der Waals surface area contributed by atoms with Crippen molar-refractivity contribution in [1.82, 2.24) is 0 Å². The zero-order valence-electron chi connectivity index (χ0n) is 6.82. The van der Waals surface area contributed by atoms with Gasteiger partial charge in [0.05, 0.1) is 0 Å². The molecule has 2 fully saturated rings. The second-order valence-corrected chi connectivity index (χ2v) is 12.2. The Morgan fingerprint density at radius 3 is 2.18 bits per heavy atom. The molecule has 0 N–H and O–H groups in total. The third-order valence-electron chi connectivity index (χ3n) is 3.39. The molecule has 0 heterocycles. The minimum Gasteiger partial charge on any atom is -0.146 e. The van der Waals surface area contributed by atoms with E-state index in [0.29, 0.717) is 5.54 Å². The van der Waals surface area contributed by atoms with E-state index in [9.17, 15) is 0 Å². The van der Waals surface area contributed by atoms with Crippen LogP contribution in [0.5, 0.6) is 0 Å². The molecule has 0 aromatic rings. The van der Waals surface area contributed by atoms with E-state index >= 15 is 0 Å². The summed E-state index contributed by atoms with van der Waals surface area (Å²) in [7, 11) is 0. The predicted octanol–water partition coefficient (Wildman–Crippen LogP) is 3.73. The molecule has 2 aliphatic rings. The molecule has 0 saturated heterocycles. The van der Waals surface area contributed by atoms with Gasteiger partial charge in [-0.1, -0.05) is 12.8 Å². The van der Waals surface area contributed by atoms with Crippen molar-refractivity contribution in [1.29, 1.82) is 0 Å². The Kier molecular flexibility index (Phi) is 2.02. The SMILES string of the molecule is C[Si](Cl)(Cl)C1C[C@H]2CC[C@@H]1C2. The highest BCUT2D eigenvalue weighted by molar-refractivity contribution is 7.45. The average Bonchev–Trinajstić information content (AvgIpc) is 2.42. The monoisotopic (exact) mass is 208 g/mol. The third-order valence-corrected chi connectivity index (χ3v) is 7.08. The van der Waals surface area contributed by atoms with Gasteiger partial charge in [-0.2, -0.15) is 0 Å². The molecule has 11 heavy (non-hydrogen) atoms. The lowest BCUT2D eigenvalue weighted by molar-refractivity contribution is 0.475. The minimum atomic E-state index is -1.83. The van der Waals surface area contributed by atoms with Crippen molar-refractivity contribution in [2.45, 2.75) is 37.8 Å². The van der Waals surface area contributed by atoms with Gasteiger partial charge >= 0.3 is 0 Å². The van der Waals surface area contributed by atoms with Gasteiger partial charge in [-0.05, 0) is 36.8 Å². The highest BCUT2D eigenvalue weighted by Gasteiger charge is 2.48. The highest BCUT2D eigenvalue weighted by atomic mass is 35.7. The van der Waals surface area contributed by atoms with Crippen LogP contribution in [0.3, 0.4) is 0 Å². The summed E-state index contributed by atoms with van der Waals surface area (Å²) >= 11 is 12.5. The molecule has 2 rings (SSSR count). The normalized spacial score (nSPS) is 43.4. The molecule has 0 nitrogen and oxygen atoms in total. The fourth-order valence-corrected chi connectivity index (χ4v) is 6.35. The Hall–Kier alpha value is 0.797. The Morgan fingerprint density at radius 2 is 1.91 bits per heavy atom. The van der Waals surface area contributed by atoms with Crippen LogP contribution >= 0.6 is 22.2 Å². The van der Waals surface area contributed by atoms with E-state index in [4.69, 9.17) is 22.2 Å². The molecule has 0 aliphatic heterocycles. The first-order chi connectivity index (χ1) is 5.07. The van der Waals surface area contributed by atoms with Gasteiger partial charge in [-0.15, -0.1) is 22.2 Å². The summed E-state index contributed by atoms with van der Waals surface area (Å²) in [5.74, 6) is 1.88. The summed E-state index contributed by atoms with van der Waals surface area (Å²) in [6.07, 6.45) is 5.60. The zero-order valence-corrected chi connectivity index (χ0v) is 9.33. The van der Waals surface area contributed by atoms with Gasteiger partial charge in [-0.3, -0.25) is 0 Å². The van der Waals surface area contributed by atoms with Crippen LogP contribution in [0.4, 0.5) is 0 Å². The minimum absolute atomic E-state index is 0.713. The van der Waals surface area contributed by atoms with E-state index in [1.54, 1.807) is 0 Å². The molecule has 0 amide bonds. The van der Waals surface area contributed by atoms with Crippen LogP contribution in [0.2, 0.25) is 12.1 Å². The van der Waals surface area contributed by atoms with Crippen LogP contribution in [0.1, 0.15) is 25.7 Å². The Balaban J connectivity index is 2.08. The summed E-state index contributed by atoms with van der Waals surface area (Å²) in [5.41, 5.74) is 0.713. The summed E-state index contributed by atoms with van der Waals surface area (Å²) in [4.78, 5) is 0. The van der Waals surface area contributed by atoms with Crippen LogP contribution in [-0.4, -0.2) is 6.69 Å². The first-order valence-electron chi connectivity index (χ1n) is 4.45. The van der Waals surface area contributed by atoms with Gasteiger partial charge in [0.15, 0.2) is 0 Å². The molecular formula is C8H14Cl2Si. The summed E-state index contributed by atoms with van der Waals surface area (Å²) in [5, 5.41) is 0. The smallest absolute Gasteiger partial charge is 0.146 e. The van der Waals surface area contributed by atoms with E-state index in [2.05, 4.69) is 6.55 Å². The lowest BCUT2D eigenvalue weighted by Crippen LogP contribution is -2.26. The lowest BCUT2D eigenvalue weighted by atomic mass is 10.0. The molecule has 0 spiro atoms. The van der Waals surface area contributed by atoms with Crippen molar-refractivity contribution in [3.63, 3.8) is 0 Å². The maximum Gasteiger partial charge on any atom is 0.251 e. The maximum absolute atomic E-state index is 6.24. The second-order valence-electron chi connectivity index (χ2n) is 4.24. The van der Waals surface area contributed by atoms with Gasteiger partial charge in [-0.25, -0.2) is 0 Å². The van der Waals surface area contributed by atoms with Gasteiger partial charge in [0, 0.05) is 0 Å². The standard InChI is InChI=1S/C8H14Cl2Si/c1-11(9,10)8-5-6-2-3-7(8)4-6/h6-8H,2-5H2,1H3/t6-,7+,8?/m0/s1. The number of fused-ring (bicyclic) bond motifs is 2. The van der Waals surface area contributed by atoms with Crippen LogP contribution < -0.4 is 0 Å². The van der Waals surface area contributed by atoms with Crippen molar-refractivity contribution in [2.24, 2.45) is 11.8 Å². The quantitative estimate of drug-likeness (QED) is 0.456. The van der Waals surface area contributed by atoms with Crippen molar-refractivity contribution >= 4 is 28.9 Å². The molecule has 64 valence electrons. The van der Waals surface area contributed by atoms with Crippen molar-refractivity contribution in [2.75, 3.05) is 0 Å². The van der Waals surface area contributed by atoms with Gasteiger partial charge in [0.1, 0.15) is 0 Å². The molecule has 3 atom stereocenters. The van der Waals surface area contributed by atoms with Crippen LogP contribution in [0.25, 0.3) is 0 Å². The molecule has 2 saturated carbocycles. The summed E-state index contributed by atoms with van der Waals surface area (Å²) < 4.78 is 0. The van der Waals surface area contributed by atoms with Crippen molar-refractivity contribution in [3.8, 4) is 0 Å². The second kappa shape index (κ2) is 2.64. The van der Waals surface area contributed by atoms with Crippen LogP contribution in [0.15, 0.2) is 0 Å². The van der Waals surface area contributed by atoms with Gasteiger partial charge in [0.2, 0.25) is 0 Å². The molecule has 2 bridgehead atoms. The van der Waals surface area contributed by atoms with Gasteiger partial charge < -0.3 is 0 Å². The van der Waals surface area contributed by atoms with Crippen LogP contribution in [-0.2, 0) is 0 Å². The van der Waals surface area contributed by atoms with E-state index in [-0.39, 0.29) is 0 Å². The predicted molar refractivity (Wildman–Crippen MR) is 52.5 cm³/mol. The number of halogens is 2. The third kappa shape index (κ3) is 1.48. The molecule has 3 heteroatoms. The van der Waals surface area contributed by atoms with Crippen LogP contribution in [0, 0.1) is 11.8 Å². The van der Waals surface area contributed by atoms with Gasteiger partial charge in [0.25, 0.3) is 6.69 Å².